The van der Waals surface area contributed by atoms with Gasteiger partial charge in [0.1, 0.15) is 5.60 Å². The fourth-order valence-corrected chi connectivity index (χ4v) is 6.62. The number of hydrogen-bond acceptors (Lipinski definition) is 7. The molecule has 3 rings (SSSR count). The van der Waals surface area contributed by atoms with Crippen molar-refractivity contribution >= 4 is 23.9 Å². The van der Waals surface area contributed by atoms with Crippen LogP contribution in [-0.2, 0) is 30.3 Å². The average Bonchev–Trinajstić information content (AvgIpc) is 2.83. The van der Waals surface area contributed by atoms with Crippen LogP contribution in [0, 0.1) is 28.1 Å². The summed E-state index contributed by atoms with van der Waals surface area (Å²) in [6, 6.07) is 9.07. The van der Waals surface area contributed by atoms with Gasteiger partial charge in [0.25, 0.3) is 0 Å². The van der Waals surface area contributed by atoms with Crippen LogP contribution in [0.5, 0.6) is 0 Å². The second-order valence-corrected chi connectivity index (χ2v) is 13.5. The van der Waals surface area contributed by atoms with E-state index in [1.807, 2.05) is 18.2 Å². The van der Waals surface area contributed by atoms with Gasteiger partial charge in [-0.05, 0) is 76.7 Å². The molecule has 1 aromatic rings. The minimum atomic E-state index is -1.56. The summed E-state index contributed by atoms with van der Waals surface area (Å²) in [5, 5.41) is 49.0. The van der Waals surface area contributed by atoms with Crippen LogP contribution >= 0.6 is 0 Å². The first kappa shape index (κ1) is 34.2. The van der Waals surface area contributed by atoms with Gasteiger partial charge in [-0.1, -0.05) is 51.1 Å². The third kappa shape index (κ3) is 7.65. The molecule has 2 aliphatic carbocycles. The molecule has 0 heterocycles. The summed E-state index contributed by atoms with van der Waals surface area (Å²) in [5.41, 5.74) is -3.64. The number of hydrogen-bond donors (Lipinski definition) is 5. The van der Waals surface area contributed by atoms with E-state index >= 15 is 0 Å². The highest BCUT2D eigenvalue weighted by atomic mass is 16.6. The number of carbonyl (C=O) groups excluding carboxylic acids is 1. The maximum Gasteiger partial charge on any atom is 0.311 e. The fourth-order valence-electron chi connectivity index (χ4n) is 6.62. The molecular weight excluding hydrogens is 532 g/mol. The van der Waals surface area contributed by atoms with Crippen LogP contribution in [0.4, 0.5) is 0 Å². The molecule has 10 heteroatoms. The zero-order valence-electron chi connectivity index (χ0n) is 24.9. The smallest absolute Gasteiger partial charge is 0.311 e. The molecule has 6 atom stereocenters. The third-order valence-corrected chi connectivity index (χ3v) is 8.51. The molecule has 0 amide bonds. The molecule has 2 aliphatic rings. The number of benzene rings is 1. The van der Waals surface area contributed by atoms with Gasteiger partial charge in [0.05, 0.1) is 34.9 Å². The number of ether oxygens (including phenoxy) is 1. The van der Waals surface area contributed by atoms with Crippen molar-refractivity contribution in [2.45, 2.75) is 104 Å². The van der Waals surface area contributed by atoms with Crippen LogP contribution in [0.1, 0.15) is 85.6 Å². The quantitative estimate of drug-likeness (QED) is 0.308. The average molecular weight is 579 g/mol. The first-order chi connectivity index (χ1) is 18.8. The first-order valence-electron chi connectivity index (χ1n) is 14.1. The molecule has 2 saturated carbocycles. The Kier molecular flexibility index (Phi) is 10.8. The maximum atomic E-state index is 12.4. The highest BCUT2D eigenvalue weighted by Crippen LogP contribution is 2.61. The lowest BCUT2D eigenvalue weighted by atomic mass is 9.45. The van der Waals surface area contributed by atoms with Crippen LogP contribution in [0.25, 0.3) is 0 Å². The van der Waals surface area contributed by atoms with Gasteiger partial charge in [0.15, 0.2) is 0 Å². The lowest BCUT2D eigenvalue weighted by Crippen LogP contribution is -2.63. The zero-order chi connectivity index (χ0) is 31.4. The maximum absolute atomic E-state index is 12.4. The number of rotatable bonds is 6. The molecule has 230 valence electrons. The van der Waals surface area contributed by atoms with Gasteiger partial charge >= 0.3 is 23.9 Å². The van der Waals surface area contributed by atoms with E-state index in [-0.39, 0.29) is 25.7 Å². The van der Waals surface area contributed by atoms with E-state index in [2.05, 4.69) is 0 Å². The summed E-state index contributed by atoms with van der Waals surface area (Å²) < 4.78 is 5.21. The first-order valence-corrected chi connectivity index (χ1v) is 14.1. The molecule has 5 N–H and O–H groups in total. The SMILES string of the molecule is CC(C)(C)OC(=O)[C@H]1CC[C@H](O)C[C@@H]1C(=O)O.CC(C)(C)[C@@]1(C(=O)O)CC[C@H](O)C[C@]1(Cc1ccccc1)C(=O)O. The highest BCUT2D eigenvalue weighted by molar-refractivity contribution is 5.88. The second-order valence-electron chi connectivity index (χ2n) is 13.5. The van der Waals surface area contributed by atoms with Crippen LogP contribution < -0.4 is 0 Å². The number of esters is 1. The van der Waals surface area contributed by atoms with Crippen molar-refractivity contribution in [3.63, 3.8) is 0 Å². The van der Waals surface area contributed by atoms with Crippen molar-refractivity contribution in [1.82, 2.24) is 0 Å². The summed E-state index contributed by atoms with van der Waals surface area (Å²) in [5.74, 6) is -5.25. The van der Waals surface area contributed by atoms with E-state index in [1.54, 1.807) is 53.7 Å². The molecule has 0 bridgehead atoms. The van der Waals surface area contributed by atoms with E-state index in [0.29, 0.717) is 19.3 Å². The minimum absolute atomic E-state index is 0.0548. The molecule has 0 aromatic heterocycles. The normalized spacial score (nSPS) is 30.3. The summed E-state index contributed by atoms with van der Waals surface area (Å²) in [4.78, 5) is 47.7. The number of carboxylic acids is 3. The minimum Gasteiger partial charge on any atom is -0.481 e. The largest absolute Gasteiger partial charge is 0.481 e. The highest BCUT2D eigenvalue weighted by Gasteiger charge is 2.68. The lowest BCUT2D eigenvalue weighted by molar-refractivity contribution is -0.201. The van der Waals surface area contributed by atoms with Crippen molar-refractivity contribution in [3.8, 4) is 0 Å². The molecule has 0 radical (unpaired) electrons. The Bertz CT molecular complexity index is 1090. The van der Waals surface area contributed by atoms with Gasteiger partial charge in [0.2, 0.25) is 0 Å². The Morgan fingerprint density at radius 2 is 1.41 bits per heavy atom. The molecule has 0 unspecified atom stereocenters. The van der Waals surface area contributed by atoms with Crippen molar-refractivity contribution < 1.29 is 49.4 Å². The third-order valence-electron chi connectivity index (χ3n) is 8.51. The predicted octanol–water partition coefficient (Wildman–Crippen LogP) is 4.15. The van der Waals surface area contributed by atoms with E-state index in [0.717, 1.165) is 5.56 Å². The van der Waals surface area contributed by atoms with Gasteiger partial charge in [-0.25, -0.2) is 0 Å². The molecule has 10 nitrogen and oxygen atoms in total. The van der Waals surface area contributed by atoms with Gasteiger partial charge in [-0.3, -0.25) is 19.2 Å². The molecule has 2 fully saturated rings. The van der Waals surface area contributed by atoms with Gasteiger partial charge in [-0.15, -0.1) is 0 Å². The van der Waals surface area contributed by atoms with E-state index in [1.165, 1.54) is 0 Å². The predicted molar refractivity (Wildman–Crippen MR) is 150 cm³/mol. The molecule has 1 aromatic carbocycles. The Morgan fingerprint density at radius 3 is 1.88 bits per heavy atom. The summed E-state index contributed by atoms with van der Waals surface area (Å²) >= 11 is 0. The van der Waals surface area contributed by atoms with Gasteiger partial charge < -0.3 is 30.3 Å². The van der Waals surface area contributed by atoms with Gasteiger partial charge in [0, 0.05) is 0 Å². The van der Waals surface area contributed by atoms with E-state index in [9.17, 15) is 39.6 Å². The summed E-state index contributed by atoms with van der Waals surface area (Å²) in [6.07, 6.45) is -0.0150. The molecule has 0 spiro atoms. The van der Waals surface area contributed by atoms with Crippen molar-refractivity contribution in [2.75, 3.05) is 0 Å². The van der Waals surface area contributed by atoms with Crippen molar-refractivity contribution in [2.24, 2.45) is 28.1 Å². The number of carboxylic acid groups (broad SMARTS) is 3. The second kappa shape index (κ2) is 12.9. The zero-order valence-corrected chi connectivity index (χ0v) is 24.9. The standard InChI is InChI=1S/C19H26O5.C12H20O5/c1-17(2,3)19(16(23)24)10-9-14(20)12-18(19,15(21)22)11-13-7-5-4-6-8-13;1-12(2,3)17-11(16)8-5-4-7(13)6-9(8)10(14)15/h4-8,14,20H,9-12H2,1-3H3,(H,21,22)(H,23,24);7-9,13H,4-6H2,1-3H3,(H,14,15)/t14-,18+,19-;7-,8-,9-/m00/s1. The monoisotopic (exact) mass is 578 g/mol. The number of aliphatic carboxylic acids is 3. The number of carbonyl (C=O) groups is 4. The number of aliphatic hydroxyl groups is 2. The van der Waals surface area contributed by atoms with E-state index in [4.69, 9.17) is 9.84 Å². The molecule has 0 aliphatic heterocycles. The summed E-state index contributed by atoms with van der Waals surface area (Å²) in [6.45, 7) is 10.6. The Morgan fingerprint density at radius 1 is 0.829 bits per heavy atom. The lowest BCUT2D eigenvalue weighted by Gasteiger charge is -2.56. The molecular formula is C31H46O10. The number of aliphatic hydroxyl groups excluding tert-OH is 2. The van der Waals surface area contributed by atoms with E-state index < -0.39 is 69.8 Å². The topological polar surface area (TPSA) is 179 Å². The summed E-state index contributed by atoms with van der Waals surface area (Å²) in [7, 11) is 0. The van der Waals surface area contributed by atoms with Crippen LogP contribution in [0.2, 0.25) is 0 Å². The Balaban J connectivity index is 0.000000305. The molecule has 0 saturated heterocycles. The van der Waals surface area contributed by atoms with Crippen LogP contribution in [-0.4, -0.2) is 67.2 Å². The van der Waals surface area contributed by atoms with Crippen LogP contribution in [0.3, 0.4) is 0 Å². The van der Waals surface area contributed by atoms with Gasteiger partial charge in [-0.2, -0.15) is 0 Å². The van der Waals surface area contributed by atoms with Crippen LogP contribution in [0.15, 0.2) is 30.3 Å². The van der Waals surface area contributed by atoms with Crippen molar-refractivity contribution in [3.05, 3.63) is 35.9 Å². The van der Waals surface area contributed by atoms with Crippen molar-refractivity contribution in [1.29, 1.82) is 0 Å². The molecule has 41 heavy (non-hydrogen) atoms. The fraction of sp³-hybridized carbons (Fsp3) is 0.677. The Labute approximate surface area is 241 Å². The Hall–Kier alpha value is -2.98.